The summed E-state index contributed by atoms with van der Waals surface area (Å²) in [5, 5.41) is 10.4. The van der Waals surface area contributed by atoms with E-state index in [4.69, 9.17) is 0 Å². The largest absolute Gasteiger partial charge is 0.264 e. The van der Waals surface area contributed by atoms with Gasteiger partial charge < -0.3 is 0 Å². The van der Waals surface area contributed by atoms with Gasteiger partial charge in [-0.1, -0.05) is 26.8 Å². The van der Waals surface area contributed by atoms with Crippen molar-refractivity contribution >= 4 is 22.6 Å². The van der Waals surface area contributed by atoms with Crippen LogP contribution in [0.4, 0.5) is 5.00 Å². The van der Waals surface area contributed by atoms with Gasteiger partial charge in [-0.25, -0.2) is 4.99 Å². The summed E-state index contributed by atoms with van der Waals surface area (Å²) in [5.41, 5.74) is 3.28. The van der Waals surface area contributed by atoms with Crippen molar-refractivity contribution in [1.29, 1.82) is 5.26 Å². The monoisotopic (exact) mass is 323 g/mol. The molecule has 118 valence electrons. The number of rotatable bonds is 2. The first-order chi connectivity index (χ1) is 11.0. The molecule has 1 aliphatic rings. The summed E-state index contributed by atoms with van der Waals surface area (Å²) in [7, 11) is 0. The van der Waals surface area contributed by atoms with Gasteiger partial charge in [-0.15, -0.1) is 11.3 Å². The van der Waals surface area contributed by atoms with Crippen LogP contribution in [0.25, 0.3) is 0 Å². The molecule has 0 N–H and O–H groups in total. The normalized spacial score (nSPS) is 17.9. The molecule has 0 saturated heterocycles. The van der Waals surface area contributed by atoms with Crippen LogP contribution in [0.1, 0.15) is 48.8 Å². The molecule has 1 unspecified atom stereocenters. The number of nitriles is 1. The quantitative estimate of drug-likeness (QED) is 0.737. The summed E-state index contributed by atoms with van der Waals surface area (Å²) in [6, 6.07) is 6.23. The minimum absolute atomic E-state index is 0.313. The highest BCUT2D eigenvalue weighted by Crippen LogP contribution is 2.44. The zero-order valence-electron chi connectivity index (χ0n) is 13.8. The predicted molar refractivity (Wildman–Crippen MR) is 95.5 cm³/mol. The third-order valence-corrected chi connectivity index (χ3v) is 5.76. The number of aromatic nitrogens is 1. The molecule has 23 heavy (non-hydrogen) atoms. The Labute approximate surface area is 141 Å². The van der Waals surface area contributed by atoms with Crippen molar-refractivity contribution in [3.63, 3.8) is 0 Å². The van der Waals surface area contributed by atoms with Gasteiger partial charge in [0, 0.05) is 29.0 Å². The van der Waals surface area contributed by atoms with E-state index in [1.54, 1.807) is 29.9 Å². The maximum atomic E-state index is 9.56. The molecule has 0 radical (unpaired) electrons. The summed E-state index contributed by atoms with van der Waals surface area (Å²) in [4.78, 5) is 10.0. The van der Waals surface area contributed by atoms with Crippen molar-refractivity contribution in [2.45, 2.75) is 40.0 Å². The Morgan fingerprint density at radius 2 is 2.26 bits per heavy atom. The summed E-state index contributed by atoms with van der Waals surface area (Å²) in [6.45, 7) is 6.93. The van der Waals surface area contributed by atoms with Crippen LogP contribution in [0.2, 0.25) is 0 Å². The van der Waals surface area contributed by atoms with Gasteiger partial charge in [0.2, 0.25) is 0 Å². The second-order valence-corrected chi connectivity index (χ2v) is 8.23. The minimum atomic E-state index is 0.313. The Morgan fingerprint density at radius 3 is 2.91 bits per heavy atom. The molecule has 3 nitrogen and oxygen atoms in total. The molecule has 0 spiro atoms. The van der Waals surface area contributed by atoms with Gasteiger partial charge in [0.1, 0.15) is 11.1 Å². The minimum Gasteiger partial charge on any atom is -0.264 e. The van der Waals surface area contributed by atoms with E-state index in [2.05, 4.69) is 36.8 Å². The maximum Gasteiger partial charge on any atom is 0.134 e. The molecule has 2 aromatic heterocycles. The fourth-order valence-electron chi connectivity index (χ4n) is 3.10. The van der Waals surface area contributed by atoms with Crippen molar-refractivity contribution < 1.29 is 0 Å². The Morgan fingerprint density at radius 1 is 1.43 bits per heavy atom. The molecule has 0 saturated carbocycles. The highest BCUT2D eigenvalue weighted by atomic mass is 32.1. The number of nitrogens with zero attached hydrogens (tertiary/aromatic N) is 3. The van der Waals surface area contributed by atoms with E-state index in [9.17, 15) is 5.26 Å². The van der Waals surface area contributed by atoms with Gasteiger partial charge >= 0.3 is 0 Å². The zero-order valence-corrected chi connectivity index (χ0v) is 14.7. The van der Waals surface area contributed by atoms with Crippen LogP contribution < -0.4 is 0 Å². The molecule has 0 amide bonds. The van der Waals surface area contributed by atoms with E-state index < -0.39 is 0 Å². The van der Waals surface area contributed by atoms with Gasteiger partial charge in [0.05, 0.1) is 5.56 Å². The SMILES string of the molecule is CC(C)(C)C1CCc2c(sc(/N=C/c3cccnc3)c2C#N)C1. The molecular weight excluding hydrogens is 302 g/mol. The van der Waals surface area contributed by atoms with Crippen molar-refractivity contribution in [1.82, 2.24) is 4.98 Å². The van der Waals surface area contributed by atoms with Crippen molar-refractivity contribution in [3.8, 4) is 6.07 Å². The fraction of sp³-hybridized carbons (Fsp3) is 0.421. The Balaban J connectivity index is 1.91. The molecule has 0 bridgehead atoms. The van der Waals surface area contributed by atoms with Gasteiger partial charge in [-0.2, -0.15) is 5.26 Å². The van der Waals surface area contributed by atoms with Crippen LogP contribution in [0.5, 0.6) is 0 Å². The van der Waals surface area contributed by atoms with Crippen LogP contribution in [-0.4, -0.2) is 11.2 Å². The first kappa shape index (κ1) is 15.9. The van der Waals surface area contributed by atoms with Crippen molar-refractivity contribution in [2.24, 2.45) is 16.3 Å². The van der Waals surface area contributed by atoms with E-state index in [1.807, 2.05) is 12.1 Å². The average Bonchev–Trinajstić information content (AvgIpc) is 2.89. The highest BCUT2D eigenvalue weighted by Gasteiger charge is 2.32. The molecule has 3 rings (SSSR count). The number of hydrogen-bond acceptors (Lipinski definition) is 4. The lowest BCUT2D eigenvalue weighted by Gasteiger charge is -2.33. The van der Waals surface area contributed by atoms with E-state index in [0.29, 0.717) is 11.3 Å². The molecule has 0 fully saturated rings. The van der Waals surface area contributed by atoms with E-state index >= 15 is 0 Å². The molecular formula is C19H21N3S. The van der Waals surface area contributed by atoms with Crippen LogP contribution in [0, 0.1) is 22.7 Å². The van der Waals surface area contributed by atoms with E-state index in [1.165, 1.54) is 10.4 Å². The lowest BCUT2D eigenvalue weighted by molar-refractivity contribution is 0.218. The molecule has 1 atom stereocenters. The Bertz CT molecular complexity index is 760. The average molecular weight is 323 g/mol. The van der Waals surface area contributed by atoms with Gasteiger partial charge in [-0.3, -0.25) is 4.98 Å². The third-order valence-electron chi connectivity index (χ3n) is 4.60. The highest BCUT2D eigenvalue weighted by molar-refractivity contribution is 7.16. The molecule has 0 aromatic carbocycles. The number of hydrogen-bond donors (Lipinski definition) is 0. The van der Waals surface area contributed by atoms with Gasteiger partial charge in [0.25, 0.3) is 0 Å². The summed E-state index contributed by atoms with van der Waals surface area (Å²) < 4.78 is 0. The fourth-order valence-corrected chi connectivity index (χ4v) is 4.32. The first-order valence-corrected chi connectivity index (χ1v) is 8.79. The van der Waals surface area contributed by atoms with Crippen molar-refractivity contribution in [2.75, 3.05) is 0 Å². The Hall–Kier alpha value is -1.99. The molecule has 0 aliphatic heterocycles. The number of pyridine rings is 1. The first-order valence-electron chi connectivity index (χ1n) is 7.98. The molecule has 2 heterocycles. The van der Waals surface area contributed by atoms with Crippen LogP contribution in [-0.2, 0) is 12.8 Å². The Kier molecular flexibility index (Phi) is 4.32. The van der Waals surface area contributed by atoms with Gasteiger partial charge in [-0.05, 0) is 42.2 Å². The molecule has 2 aromatic rings. The lowest BCUT2D eigenvalue weighted by Crippen LogP contribution is -2.26. The topological polar surface area (TPSA) is 49.0 Å². The summed E-state index contributed by atoms with van der Waals surface area (Å²) in [5.74, 6) is 0.676. The zero-order chi connectivity index (χ0) is 16.4. The number of aliphatic imine (C=N–C) groups is 1. The predicted octanol–water partition coefficient (Wildman–Crippen LogP) is 4.92. The molecule has 4 heteroatoms. The maximum absolute atomic E-state index is 9.56. The summed E-state index contributed by atoms with van der Waals surface area (Å²) in [6.07, 6.45) is 8.55. The number of fused-ring (bicyclic) bond motifs is 1. The lowest BCUT2D eigenvalue weighted by atomic mass is 9.72. The standard InChI is InChI=1S/C19H21N3S/c1-19(2,3)14-6-7-15-16(10-20)18(23-17(15)9-14)22-12-13-5-4-8-21-11-13/h4-5,8,11-12,14H,6-7,9H2,1-3H3/b22-12+. The van der Waals surface area contributed by atoms with Gasteiger partial charge in [0.15, 0.2) is 0 Å². The van der Waals surface area contributed by atoms with E-state index in [0.717, 1.165) is 35.4 Å². The third kappa shape index (κ3) is 3.35. The van der Waals surface area contributed by atoms with Crippen LogP contribution in [0.15, 0.2) is 29.5 Å². The van der Waals surface area contributed by atoms with Crippen LogP contribution >= 0.6 is 11.3 Å². The molecule has 1 aliphatic carbocycles. The summed E-state index contributed by atoms with van der Waals surface area (Å²) >= 11 is 1.68. The van der Waals surface area contributed by atoms with Crippen LogP contribution in [0.3, 0.4) is 0 Å². The smallest absolute Gasteiger partial charge is 0.134 e. The van der Waals surface area contributed by atoms with Crippen molar-refractivity contribution in [3.05, 3.63) is 46.1 Å². The second-order valence-electron chi connectivity index (χ2n) is 7.15. The second kappa shape index (κ2) is 6.25. The number of thiophene rings is 1. The van der Waals surface area contributed by atoms with E-state index in [-0.39, 0.29) is 0 Å².